The van der Waals surface area contributed by atoms with Crippen molar-refractivity contribution in [3.63, 3.8) is 0 Å². The Morgan fingerprint density at radius 2 is 1.66 bits per heavy atom. The Morgan fingerprint density at radius 3 is 2.30 bits per heavy atom. The number of anilines is 1. The van der Waals surface area contributed by atoms with Gasteiger partial charge in [-0.1, -0.05) is 84.9 Å². The van der Waals surface area contributed by atoms with Gasteiger partial charge in [0, 0.05) is 19.0 Å². The van der Waals surface area contributed by atoms with Crippen LogP contribution in [0.3, 0.4) is 0 Å². The number of nitrogens with one attached hydrogen (secondary N) is 1. The summed E-state index contributed by atoms with van der Waals surface area (Å²) in [5.74, 6) is -0.529. The summed E-state index contributed by atoms with van der Waals surface area (Å²) in [6.07, 6.45) is 6.22. The molecule has 1 unspecified atom stereocenters. The van der Waals surface area contributed by atoms with E-state index in [4.69, 9.17) is 27.9 Å². The van der Waals surface area contributed by atoms with Gasteiger partial charge >= 0.3 is 0 Å². The van der Waals surface area contributed by atoms with Crippen molar-refractivity contribution >= 4 is 50.7 Å². The molecule has 1 atom stereocenters. The number of hydrogen-bond donors (Lipinski definition) is 1. The van der Waals surface area contributed by atoms with E-state index in [0.29, 0.717) is 21.4 Å². The number of benzene rings is 3. The van der Waals surface area contributed by atoms with Crippen LogP contribution in [0.25, 0.3) is 0 Å². The predicted octanol–water partition coefficient (Wildman–Crippen LogP) is 6.17. The quantitative estimate of drug-likeness (QED) is 0.251. The zero-order chi connectivity index (χ0) is 31.9. The standard InChI is InChI=1S/C33H39Cl2N3O5S/c1-23-14-17-31(43-2)29(18-23)38(44(3,41)42)22-32(39)37(21-25-15-16-27(34)28(35)19-25)30(20-24-10-6-4-7-11-24)33(40)36-26-12-8-5-9-13-26/h4,6-7,10-11,14-19,26,30H,5,8-9,12-13,20-22H2,1-3H3,(H,36,40). The topological polar surface area (TPSA) is 96.0 Å². The van der Waals surface area contributed by atoms with Crippen molar-refractivity contribution in [3.8, 4) is 5.75 Å². The molecule has 236 valence electrons. The number of amides is 2. The molecule has 2 amide bonds. The normalized spacial score (nSPS) is 14.5. The zero-order valence-electron chi connectivity index (χ0n) is 25.3. The summed E-state index contributed by atoms with van der Waals surface area (Å²) in [7, 11) is -2.50. The van der Waals surface area contributed by atoms with Gasteiger partial charge < -0.3 is 15.0 Å². The number of ether oxygens (including phenoxy) is 1. The van der Waals surface area contributed by atoms with Gasteiger partial charge in [0.15, 0.2) is 0 Å². The highest BCUT2D eigenvalue weighted by Gasteiger charge is 2.34. The molecule has 8 nitrogen and oxygen atoms in total. The Morgan fingerprint density at radius 1 is 0.955 bits per heavy atom. The van der Waals surface area contributed by atoms with Crippen molar-refractivity contribution < 1.29 is 22.7 Å². The maximum absolute atomic E-state index is 14.4. The van der Waals surface area contributed by atoms with Gasteiger partial charge in [0.2, 0.25) is 21.8 Å². The van der Waals surface area contributed by atoms with Gasteiger partial charge in [-0.05, 0) is 60.7 Å². The molecule has 4 rings (SSSR count). The Hall–Kier alpha value is -3.27. The fourth-order valence-electron chi connectivity index (χ4n) is 5.52. The summed E-state index contributed by atoms with van der Waals surface area (Å²) >= 11 is 12.5. The number of nitrogens with zero attached hydrogens (tertiary/aromatic N) is 2. The summed E-state index contributed by atoms with van der Waals surface area (Å²) in [4.78, 5) is 29.9. The van der Waals surface area contributed by atoms with Crippen molar-refractivity contribution in [1.29, 1.82) is 0 Å². The molecule has 0 spiro atoms. The monoisotopic (exact) mass is 659 g/mol. The predicted molar refractivity (Wildman–Crippen MR) is 176 cm³/mol. The van der Waals surface area contributed by atoms with E-state index in [2.05, 4.69) is 5.32 Å². The van der Waals surface area contributed by atoms with Gasteiger partial charge in [-0.2, -0.15) is 0 Å². The smallest absolute Gasteiger partial charge is 0.244 e. The Labute approximate surface area is 270 Å². The molecule has 1 aliphatic carbocycles. The summed E-state index contributed by atoms with van der Waals surface area (Å²) < 4.78 is 32.8. The van der Waals surface area contributed by atoms with E-state index in [1.54, 1.807) is 36.4 Å². The van der Waals surface area contributed by atoms with E-state index >= 15 is 0 Å². The number of carbonyl (C=O) groups is 2. The van der Waals surface area contributed by atoms with Crippen LogP contribution >= 0.6 is 23.2 Å². The number of methoxy groups -OCH3 is 1. The Bertz CT molecular complexity index is 1560. The lowest BCUT2D eigenvalue weighted by Gasteiger charge is -2.35. The van der Waals surface area contributed by atoms with E-state index in [-0.39, 0.29) is 30.6 Å². The second-order valence-corrected chi connectivity index (χ2v) is 14.0. The molecule has 0 radical (unpaired) electrons. The van der Waals surface area contributed by atoms with Crippen molar-refractivity contribution in [2.45, 2.75) is 64.1 Å². The first-order valence-corrected chi connectivity index (χ1v) is 17.3. The molecule has 0 saturated heterocycles. The SMILES string of the molecule is COc1ccc(C)cc1N(CC(=O)N(Cc1ccc(Cl)c(Cl)c1)C(Cc1ccccc1)C(=O)NC1CCCCC1)S(C)(=O)=O. The average Bonchev–Trinajstić information content (AvgIpc) is 2.99. The average molecular weight is 661 g/mol. The molecule has 3 aromatic carbocycles. The molecule has 0 heterocycles. The third-order valence-corrected chi connectivity index (χ3v) is 9.71. The second kappa shape index (κ2) is 15.1. The molecule has 1 fully saturated rings. The first-order valence-electron chi connectivity index (χ1n) is 14.7. The van der Waals surface area contributed by atoms with Crippen LogP contribution in [-0.4, -0.2) is 57.1 Å². The van der Waals surface area contributed by atoms with Crippen molar-refractivity contribution in [1.82, 2.24) is 10.2 Å². The lowest BCUT2D eigenvalue weighted by Crippen LogP contribution is -2.55. The summed E-state index contributed by atoms with van der Waals surface area (Å²) in [5, 5.41) is 3.86. The highest BCUT2D eigenvalue weighted by molar-refractivity contribution is 7.92. The zero-order valence-corrected chi connectivity index (χ0v) is 27.6. The van der Waals surface area contributed by atoms with E-state index in [1.165, 1.54) is 12.0 Å². The summed E-state index contributed by atoms with van der Waals surface area (Å²) in [5.41, 5.74) is 2.55. The molecule has 1 aliphatic rings. The van der Waals surface area contributed by atoms with Gasteiger partial charge in [-0.25, -0.2) is 8.42 Å². The largest absolute Gasteiger partial charge is 0.495 e. The van der Waals surface area contributed by atoms with Gasteiger partial charge in [0.1, 0.15) is 18.3 Å². The summed E-state index contributed by atoms with van der Waals surface area (Å²) in [6.45, 7) is 1.29. The highest BCUT2D eigenvalue weighted by Crippen LogP contribution is 2.32. The maximum atomic E-state index is 14.4. The molecule has 0 aliphatic heterocycles. The number of halogens is 2. The molecule has 1 N–H and O–H groups in total. The van der Waals surface area contributed by atoms with Crippen LogP contribution in [0.2, 0.25) is 10.0 Å². The van der Waals surface area contributed by atoms with E-state index in [9.17, 15) is 18.0 Å². The highest BCUT2D eigenvalue weighted by atomic mass is 35.5. The fraction of sp³-hybridized carbons (Fsp3) is 0.394. The third-order valence-electron chi connectivity index (χ3n) is 7.84. The van der Waals surface area contributed by atoms with Crippen LogP contribution < -0.4 is 14.4 Å². The lowest BCUT2D eigenvalue weighted by molar-refractivity contribution is -0.140. The number of rotatable bonds is 12. The van der Waals surface area contributed by atoms with Crippen LogP contribution in [0.15, 0.2) is 66.7 Å². The Kier molecular flexibility index (Phi) is 11.6. The van der Waals surface area contributed by atoms with E-state index in [1.807, 2.05) is 37.3 Å². The van der Waals surface area contributed by atoms with Crippen molar-refractivity contribution in [2.24, 2.45) is 0 Å². The molecular weight excluding hydrogens is 621 g/mol. The molecule has 0 aromatic heterocycles. The number of sulfonamides is 1. The van der Waals surface area contributed by atoms with Crippen LogP contribution in [0, 0.1) is 6.92 Å². The first-order chi connectivity index (χ1) is 21.0. The number of hydrogen-bond acceptors (Lipinski definition) is 5. The molecule has 11 heteroatoms. The van der Waals surface area contributed by atoms with Gasteiger partial charge in [-0.3, -0.25) is 13.9 Å². The molecule has 44 heavy (non-hydrogen) atoms. The number of carbonyl (C=O) groups excluding carboxylic acids is 2. The van der Waals surface area contributed by atoms with Crippen LogP contribution in [0.1, 0.15) is 48.8 Å². The first kappa shape index (κ1) is 33.6. The van der Waals surface area contributed by atoms with Crippen LogP contribution in [-0.2, 0) is 32.6 Å². The Balaban J connectivity index is 1.77. The maximum Gasteiger partial charge on any atom is 0.244 e. The molecular formula is C33H39Cl2N3O5S. The minimum atomic E-state index is -3.94. The van der Waals surface area contributed by atoms with Gasteiger partial charge in [0.25, 0.3) is 0 Å². The second-order valence-electron chi connectivity index (χ2n) is 11.3. The minimum Gasteiger partial charge on any atom is -0.495 e. The van der Waals surface area contributed by atoms with Crippen LogP contribution in [0.4, 0.5) is 5.69 Å². The van der Waals surface area contributed by atoms with Crippen molar-refractivity contribution in [2.75, 3.05) is 24.2 Å². The molecule has 3 aromatic rings. The minimum absolute atomic E-state index is 0.00780. The number of aryl methyl sites for hydroxylation is 1. The van der Waals surface area contributed by atoms with Gasteiger partial charge in [0.05, 0.1) is 29.1 Å². The van der Waals surface area contributed by atoms with Crippen molar-refractivity contribution in [3.05, 3.63) is 93.5 Å². The lowest BCUT2D eigenvalue weighted by atomic mass is 9.94. The van der Waals surface area contributed by atoms with Gasteiger partial charge in [-0.15, -0.1) is 0 Å². The molecule has 1 saturated carbocycles. The van der Waals surface area contributed by atoms with E-state index < -0.39 is 28.5 Å². The third kappa shape index (κ3) is 8.89. The summed E-state index contributed by atoms with van der Waals surface area (Å²) in [6, 6.07) is 18.7. The van der Waals surface area contributed by atoms with Crippen LogP contribution in [0.5, 0.6) is 5.75 Å². The fourth-order valence-corrected chi connectivity index (χ4v) is 6.69. The molecule has 0 bridgehead atoms. The van der Waals surface area contributed by atoms with E-state index in [0.717, 1.165) is 53.8 Å².